The maximum atomic E-state index is 12.2. The predicted octanol–water partition coefficient (Wildman–Crippen LogP) is 4.21. The third-order valence-corrected chi connectivity index (χ3v) is 4.59. The second-order valence-corrected chi connectivity index (χ2v) is 6.44. The summed E-state index contributed by atoms with van der Waals surface area (Å²) in [6.07, 6.45) is 4.99. The highest BCUT2D eigenvalue weighted by atomic mass is 35.5. The van der Waals surface area contributed by atoms with Crippen LogP contribution in [0.1, 0.15) is 59.7 Å². The van der Waals surface area contributed by atoms with Crippen molar-refractivity contribution in [2.24, 2.45) is 5.92 Å². The molecule has 1 aliphatic rings. The van der Waals surface area contributed by atoms with Gasteiger partial charge in [0.05, 0.1) is 24.3 Å². The van der Waals surface area contributed by atoms with Gasteiger partial charge in [-0.15, -0.1) is 11.6 Å². The second-order valence-electron chi connectivity index (χ2n) is 5.88. The zero-order valence-corrected chi connectivity index (χ0v) is 14.2. The summed E-state index contributed by atoms with van der Waals surface area (Å²) in [4.78, 5) is 24.0. The highest BCUT2D eigenvalue weighted by Crippen LogP contribution is 2.29. The molecule has 2 atom stereocenters. The van der Waals surface area contributed by atoms with Gasteiger partial charge in [-0.05, 0) is 37.5 Å². The molecule has 0 radical (unpaired) electrons. The fourth-order valence-electron chi connectivity index (χ4n) is 2.67. The minimum atomic E-state index is -0.426. The van der Waals surface area contributed by atoms with Gasteiger partial charge in [0.15, 0.2) is 0 Å². The Balaban J connectivity index is 1.92. The lowest BCUT2D eigenvalue weighted by molar-refractivity contribution is 0.0414. The van der Waals surface area contributed by atoms with Crippen LogP contribution in [0.15, 0.2) is 24.3 Å². The van der Waals surface area contributed by atoms with Gasteiger partial charge in [-0.1, -0.05) is 25.8 Å². The van der Waals surface area contributed by atoms with Gasteiger partial charge in [-0.3, -0.25) is 0 Å². The Morgan fingerprint density at radius 1 is 1.13 bits per heavy atom. The molecule has 1 aliphatic carbocycles. The first-order chi connectivity index (χ1) is 11.1. The Hall–Kier alpha value is -1.55. The molecule has 0 aromatic heterocycles. The summed E-state index contributed by atoms with van der Waals surface area (Å²) in [7, 11) is 0. The largest absolute Gasteiger partial charge is 0.462 e. The van der Waals surface area contributed by atoms with E-state index in [1.54, 1.807) is 18.2 Å². The van der Waals surface area contributed by atoms with Crippen molar-refractivity contribution >= 4 is 23.5 Å². The summed E-state index contributed by atoms with van der Waals surface area (Å²) in [5.41, 5.74) is 0.721. The summed E-state index contributed by atoms with van der Waals surface area (Å²) < 4.78 is 10.5. The van der Waals surface area contributed by atoms with Crippen LogP contribution in [-0.4, -0.2) is 30.5 Å². The molecule has 2 unspecified atom stereocenters. The zero-order valence-electron chi connectivity index (χ0n) is 13.4. The van der Waals surface area contributed by atoms with Crippen LogP contribution < -0.4 is 0 Å². The van der Waals surface area contributed by atoms with Crippen molar-refractivity contribution in [3.05, 3.63) is 35.4 Å². The lowest BCUT2D eigenvalue weighted by Crippen LogP contribution is -2.25. The zero-order chi connectivity index (χ0) is 16.7. The molecule has 1 aromatic rings. The van der Waals surface area contributed by atoms with Crippen LogP contribution in [0, 0.1) is 5.92 Å². The number of rotatable bonds is 6. The van der Waals surface area contributed by atoms with E-state index in [1.165, 1.54) is 6.07 Å². The van der Waals surface area contributed by atoms with E-state index in [0.29, 0.717) is 24.3 Å². The molecule has 0 spiro atoms. The van der Waals surface area contributed by atoms with Crippen molar-refractivity contribution in [2.75, 3.05) is 13.2 Å². The normalized spacial score (nSPS) is 20.8. The third kappa shape index (κ3) is 5.24. The van der Waals surface area contributed by atoms with E-state index in [0.717, 1.165) is 32.1 Å². The topological polar surface area (TPSA) is 52.6 Å². The quantitative estimate of drug-likeness (QED) is 0.576. The molecule has 23 heavy (non-hydrogen) atoms. The van der Waals surface area contributed by atoms with Crippen LogP contribution in [0.2, 0.25) is 0 Å². The van der Waals surface area contributed by atoms with E-state index in [4.69, 9.17) is 21.1 Å². The Morgan fingerprint density at radius 2 is 1.78 bits per heavy atom. The fraction of sp³-hybridized carbons (Fsp3) is 0.556. The van der Waals surface area contributed by atoms with Crippen LogP contribution in [0.4, 0.5) is 0 Å². The summed E-state index contributed by atoms with van der Waals surface area (Å²) in [6.45, 7) is 2.63. The highest BCUT2D eigenvalue weighted by Gasteiger charge is 2.24. The van der Waals surface area contributed by atoms with Crippen LogP contribution in [0.3, 0.4) is 0 Å². The van der Waals surface area contributed by atoms with Gasteiger partial charge < -0.3 is 9.47 Å². The van der Waals surface area contributed by atoms with Gasteiger partial charge in [0.25, 0.3) is 0 Å². The van der Waals surface area contributed by atoms with Crippen molar-refractivity contribution in [3.63, 3.8) is 0 Å². The summed E-state index contributed by atoms with van der Waals surface area (Å²) in [5, 5.41) is 0.0758. The molecule has 1 aromatic carbocycles. The Kier molecular flexibility index (Phi) is 6.90. The van der Waals surface area contributed by atoms with Gasteiger partial charge in [0.1, 0.15) is 0 Å². The standard InChI is InChI=1S/C18H23ClO4/c1-2-10-22-17(20)13-7-5-8-14(11-13)18(21)23-12-15-6-3-4-9-16(15)19/h5,7-8,11,15-16H,2-4,6,9-10,12H2,1H3. The molecule has 1 fully saturated rings. The molecule has 5 heteroatoms. The molecule has 0 bridgehead atoms. The van der Waals surface area contributed by atoms with E-state index in [-0.39, 0.29) is 11.3 Å². The molecule has 0 saturated heterocycles. The van der Waals surface area contributed by atoms with Crippen LogP contribution in [-0.2, 0) is 9.47 Å². The van der Waals surface area contributed by atoms with Crippen molar-refractivity contribution in [1.82, 2.24) is 0 Å². The third-order valence-electron chi connectivity index (χ3n) is 4.02. The van der Waals surface area contributed by atoms with Crippen LogP contribution >= 0.6 is 11.6 Å². The van der Waals surface area contributed by atoms with E-state index >= 15 is 0 Å². The first-order valence-corrected chi connectivity index (χ1v) is 8.64. The summed E-state index contributed by atoms with van der Waals surface area (Å²) in [5.74, 6) is -0.633. The van der Waals surface area contributed by atoms with Gasteiger partial charge in [0.2, 0.25) is 0 Å². The second kappa shape index (κ2) is 8.92. The van der Waals surface area contributed by atoms with Gasteiger partial charge in [0, 0.05) is 11.3 Å². The molecule has 126 valence electrons. The first kappa shape index (κ1) is 17.8. The van der Waals surface area contributed by atoms with Gasteiger partial charge in [-0.2, -0.15) is 0 Å². The molecule has 2 rings (SSSR count). The summed E-state index contributed by atoms with van der Waals surface area (Å²) >= 11 is 6.27. The first-order valence-electron chi connectivity index (χ1n) is 8.20. The minimum Gasteiger partial charge on any atom is -0.462 e. The maximum Gasteiger partial charge on any atom is 0.338 e. The Bertz CT molecular complexity index is 544. The number of hydrogen-bond donors (Lipinski definition) is 0. The van der Waals surface area contributed by atoms with Gasteiger partial charge in [-0.25, -0.2) is 9.59 Å². The SMILES string of the molecule is CCCOC(=O)c1cccc(C(=O)OCC2CCCCC2Cl)c1. The van der Waals surface area contributed by atoms with E-state index in [1.807, 2.05) is 6.92 Å². The fourth-order valence-corrected chi connectivity index (χ4v) is 3.02. The lowest BCUT2D eigenvalue weighted by atomic mass is 9.89. The average molecular weight is 339 g/mol. The van der Waals surface area contributed by atoms with Crippen molar-refractivity contribution < 1.29 is 19.1 Å². The Morgan fingerprint density at radius 3 is 2.43 bits per heavy atom. The molecule has 1 saturated carbocycles. The molecular formula is C18H23ClO4. The number of alkyl halides is 1. The minimum absolute atomic E-state index is 0.0758. The van der Waals surface area contributed by atoms with Crippen LogP contribution in [0.25, 0.3) is 0 Å². The van der Waals surface area contributed by atoms with Crippen molar-refractivity contribution in [3.8, 4) is 0 Å². The van der Waals surface area contributed by atoms with Crippen molar-refractivity contribution in [1.29, 1.82) is 0 Å². The summed E-state index contributed by atoms with van der Waals surface area (Å²) in [6, 6.07) is 6.44. The number of carbonyl (C=O) groups is 2. The molecule has 0 aliphatic heterocycles. The maximum absolute atomic E-state index is 12.2. The molecule has 0 amide bonds. The molecule has 0 N–H and O–H groups in total. The number of hydrogen-bond acceptors (Lipinski definition) is 4. The number of carbonyl (C=O) groups excluding carboxylic acids is 2. The molecule has 0 heterocycles. The average Bonchev–Trinajstić information content (AvgIpc) is 2.58. The number of ether oxygens (including phenoxy) is 2. The number of benzene rings is 1. The van der Waals surface area contributed by atoms with Crippen molar-refractivity contribution in [2.45, 2.75) is 44.4 Å². The van der Waals surface area contributed by atoms with Gasteiger partial charge >= 0.3 is 11.9 Å². The molecule has 4 nitrogen and oxygen atoms in total. The Labute approximate surface area is 142 Å². The van der Waals surface area contributed by atoms with Crippen LogP contribution in [0.5, 0.6) is 0 Å². The lowest BCUT2D eigenvalue weighted by Gasteiger charge is -2.26. The monoisotopic (exact) mass is 338 g/mol. The smallest absolute Gasteiger partial charge is 0.338 e. The van der Waals surface area contributed by atoms with E-state index in [2.05, 4.69) is 0 Å². The predicted molar refractivity (Wildman–Crippen MR) is 88.9 cm³/mol. The van der Waals surface area contributed by atoms with E-state index < -0.39 is 11.9 Å². The number of halogens is 1. The number of esters is 2. The molecular weight excluding hydrogens is 316 g/mol. The van der Waals surface area contributed by atoms with E-state index in [9.17, 15) is 9.59 Å². The highest BCUT2D eigenvalue weighted by molar-refractivity contribution is 6.20.